The molecule has 0 fully saturated rings. The molecular weight excluding hydrogens is 230 g/mol. The van der Waals surface area contributed by atoms with E-state index in [1.54, 1.807) is 20.1 Å². The summed E-state index contributed by atoms with van der Waals surface area (Å²) in [6.07, 6.45) is 1.87. The third kappa shape index (κ3) is 2.37. The number of fused-ring (bicyclic) bond motifs is 1. The van der Waals surface area contributed by atoms with E-state index < -0.39 is 6.04 Å². The van der Waals surface area contributed by atoms with E-state index in [2.05, 4.69) is 5.32 Å². The number of methoxy groups -OCH3 is 1. The highest BCUT2D eigenvalue weighted by Gasteiger charge is 2.28. The van der Waals surface area contributed by atoms with Crippen LogP contribution in [0.15, 0.2) is 18.2 Å². The van der Waals surface area contributed by atoms with Gasteiger partial charge in [-0.15, -0.1) is 0 Å². The summed E-state index contributed by atoms with van der Waals surface area (Å²) < 4.78 is 5.13. The van der Waals surface area contributed by atoms with Gasteiger partial charge in [-0.05, 0) is 30.5 Å². The molecule has 0 bridgehead atoms. The van der Waals surface area contributed by atoms with E-state index in [0.29, 0.717) is 24.2 Å². The average Bonchev–Trinajstić information content (AvgIpc) is 2.41. The molecule has 1 aromatic rings. The predicted octanol–water partition coefficient (Wildman–Crippen LogP) is 1.72. The molecule has 1 atom stereocenters. The van der Waals surface area contributed by atoms with Crippen LogP contribution in [0.4, 0.5) is 0 Å². The topological polar surface area (TPSA) is 55.4 Å². The van der Waals surface area contributed by atoms with E-state index in [9.17, 15) is 9.59 Å². The third-order valence-electron chi connectivity index (χ3n) is 3.26. The molecule has 96 valence electrons. The second-order valence-corrected chi connectivity index (χ2v) is 4.40. The molecule has 18 heavy (non-hydrogen) atoms. The zero-order valence-corrected chi connectivity index (χ0v) is 10.7. The summed E-state index contributed by atoms with van der Waals surface area (Å²) in [7, 11) is 1.57. The monoisotopic (exact) mass is 247 g/mol. The van der Waals surface area contributed by atoms with E-state index in [-0.39, 0.29) is 11.7 Å². The van der Waals surface area contributed by atoms with Gasteiger partial charge >= 0.3 is 0 Å². The van der Waals surface area contributed by atoms with Gasteiger partial charge in [0.05, 0.1) is 13.2 Å². The normalized spacial score (nSPS) is 18.1. The molecule has 1 aliphatic rings. The minimum atomic E-state index is -0.392. The van der Waals surface area contributed by atoms with Crippen molar-refractivity contribution in [2.24, 2.45) is 0 Å². The van der Waals surface area contributed by atoms with Crippen LogP contribution in [0, 0.1) is 0 Å². The fourth-order valence-corrected chi connectivity index (χ4v) is 2.18. The van der Waals surface area contributed by atoms with E-state index >= 15 is 0 Å². The van der Waals surface area contributed by atoms with Gasteiger partial charge in [-0.25, -0.2) is 0 Å². The second-order valence-electron chi connectivity index (χ2n) is 4.40. The number of ether oxygens (including phenoxy) is 1. The molecule has 0 radical (unpaired) electrons. The molecular formula is C14H17NO3. The molecule has 2 rings (SSSR count). The molecule has 1 amide bonds. The first-order valence-electron chi connectivity index (χ1n) is 6.16. The van der Waals surface area contributed by atoms with Gasteiger partial charge < -0.3 is 10.1 Å². The van der Waals surface area contributed by atoms with Crippen molar-refractivity contribution >= 4 is 11.7 Å². The van der Waals surface area contributed by atoms with Gasteiger partial charge in [0, 0.05) is 12.0 Å². The molecule has 0 heterocycles. The Morgan fingerprint density at radius 3 is 2.94 bits per heavy atom. The minimum Gasteiger partial charge on any atom is -0.497 e. The molecule has 0 aromatic heterocycles. The Kier molecular flexibility index (Phi) is 3.65. The second kappa shape index (κ2) is 5.21. The Morgan fingerprint density at radius 2 is 2.28 bits per heavy atom. The van der Waals surface area contributed by atoms with Crippen LogP contribution in [-0.4, -0.2) is 24.8 Å². The number of aryl methyl sites for hydroxylation is 1. The van der Waals surface area contributed by atoms with Crippen LogP contribution in [0.1, 0.15) is 35.7 Å². The lowest BCUT2D eigenvalue weighted by Gasteiger charge is -2.24. The van der Waals surface area contributed by atoms with E-state index in [1.807, 2.05) is 12.1 Å². The van der Waals surface area contributed by atoms with Crippen LogP contribution in [0.2, 0.25) is 0 Å². The number of amides is 1. The van der Waals surface area contributed by atoms with Gasteiger partial charge in [0.1, 0.15) is 5.75 Å². The first-order chi connectivity index (χ1) is 8.65. The van der Waals surface area contributed by atoms with Gasteiger partial charge in [-0.2, -0.15) is 0 Å². The van der Waals surface area contributed by atoms with Gasteiger partial charge in [-0.3, -0.25) is 9.59 Å². The van der Waals surface area contributed by atoms with Crippen molar-refractivity contribution in [2.45, 2.75) is 32.2 Å². The van der Waals surface area contributed by atoms with E-state index in [1.165, 1.54) is 0 Å². The van der Waals surface area contributed by atoms with Crippen LogP contribution in [-0.2, 0) is 11.2 Å². The Morgan fingerprint density at radius 1 is 1.50 bits per heavy atom. The minimum absolute atomic E-state index is 0.0167. The lowest BCUT2D eigenvalue weighted by Crippen LogP contribution is -2.43. The number of carbonyl (C=O) groups is 2. The molecule has 1 aliphatic carbocycles. The Labute approximate surface area is 106 Å². The number of hydrogen-bond acceptors (Lipinski definition) is 3. The number of nitrogens with one attached hydrogen (secondary N) is 1. The summed E-state index contributed by atoms with van der Waals surface area (Å²) in [5.41, 5.74) is 1.70. The maximum Gasteiger partial charge on any atom is 0.220 e. The average molecular weight is 247 g/mol. The van der Waals surface area contributed by atoms with Crippen LogP contribution in [0.25, 0.3) is 0 Å². The maximum absolute atomic E-state index is 12.3. The fraction of sp³-hybridized carbons (Fsp3) is 0.429. The number of rotatable bonds is 3. The van der Waals surface area contributed by atoms with E-state index in [0.717, 1.165) is 12.0 Å². The fourth-order valence-electron chi connectivity index (χ4n) is 2.18. The van der Waals surface area contributed by atoms with Gasteiger partial charge in [0.25, 0.3) is 0 Å². The number of hydrogen-bond donors (Lipinski definition) is 1. The Bertz CT molecular complexity index is 482. The first kappa shape index (κ1) is 12.6. The molecule has 4 nitrogen and oxygen atoms in total. The quantitative estimate of drug-likeness (QED) is 0.884. The van der Waals surface area contributed by atoms with Crippen molar-refractivity contribution in [2.75, 3.05) is 7.11 Å². The highest BCUT2D eigenvalue weighted by Crippen LogP contribution is 2.25. The van der Waals surface area contributed by atoms with Crippen LogP contribution in [0.5, 0.6) is 5.75 Å². The highest BCUT2D eigenvalue weighted by molar-refractivity contribution is 6.04. The summed E-state index contributed by atoms with van der Waals surface area (Å²) in [4.78, 5) is 23.6. The van der Waals surface area contributed by atoms with E-state index in [4.69, 9.17) is 4.74 Å². The summed E-state index contributed by atoms with van der Waals surface area (Å²) in [5, 5.41) is 2.77. The van der Waals surface area contributed by atoms with Gasteiger partial charge in [0.15, 0.2) is 5.78 Å². The van der Waals surface area contributed by atoms with Crippen LogP contribution in [0.3, 0.4) is 0 Å². The molecule has 0 spiro atoms. The molecule has 0 saturated heterocycles. The van der Waals surface area contributed by atoms with Crippen molar-refractivity contribution in [1.82, 2.24) is 5.32 Å². The SMILES string of the molecule is CCC(=O)N[C@H]1CCc2ccc(OC)cc2C1=O. The van der Waals surface area contributed by atoms with Crippen molar-refractivity contribution in [3.05, 3.63) is 29.3 Å². The Hall–Kier alpha value is -1.84. The Balaban J connectivity index is 2.23. The number of ketones is 1. The standard InChI is InChI=1S/C14H17NO3/c1-3-13(16)15-12-7-5-9-4-6-10(18-2)8-11(9)14(12)17/h4,6,8,12H,3,5,7H2,1-2H3,(H,15,16)/t12-/m0/s1. The van der Waals surface area contributed by atoms with Gasteiger partial charge in [0.2, 0.25) is 5.91 Å². The van der Waals surface area contributed by atoms with Crippen LogP contribution < -0.4 is 10.1 Å². The highest BCUT2D eigenvalue weighted by atomic mass is 16.5. The molecule has 0 saturated carbocycles. The predicted molar refractivity (Wildman–Crippen MR) is 67.9 cm³/mol. The maximum atomic E-state index is 12.3. The summed E-state index contributed by atoms with van der Waals surface area (Å²) >= 11 is 0. The molecule has 4 heteroatoms. The molecule has 0 aliphatic heterocycles. The van der Waals surface area contributed by atoms with Gasteiger partial charge in [-0.1, -0.05) is 13.0 Å². The summed E-state index contributed by atoms with van der Waals surface area (Å²) in [5.74, 6) is 0.571. The number of benzene rings is 1. The largest absolute Gasteiger partial charge is 0.497 e. The number of carbonyl (C=O) groups excluding carboxylic acids is 2. The van der Waals surface area contributed by atoms with Crippen molar-refractivity contribution in [1.29, 1.82) is 0 Å². The number of Topliss-reactive ketones (excluding diaryl/α,β-unsaturated/α-hetero) is 1. The zero-order valence-electron chi connectivity index (χ0n) is 10.7. The van der Waals surface area contributed by atoms with Crippen molar-refractivity contribution < 1.29 is 14.3 Å². The lowest BCUT2D eigenvalue weighted by atomic mass is 9.87. The third-order valence-corrected chi connectivity index (χ3v) is 3.26. The first-order valence-corrected chi connectivity index (χ1v) is 6.16. The lowest BCUT2D eigenvalue weighted by molar-refractivity contribution is -0.121. The van der Waals surface area contributed by atoms with Crippen molar-refractivity contribution in [3.8, 4) is 5.75 Å². The smallest absolute Gasteiger partial charge is 0.220 e. The zero-order chi connectivity index (χ0) is 13.1. The summed E-state index contributed by atoms with van der Waals surface area (Å²) in [6, 6.07) is 5.14. The summed E-state index contributed by atoms with van der Waals surface area (Å²) in [6.45, 7) is 1.78. The molecule has 1 aromatic carbocycles. The molecule has 1 N–H and O–H groups in total. The van der Waals surface area contributed by atoms with Crippen LogP contribution >= 0.6 is 0 Å². The molecule has 0 unspecified atom stereocenters. The van der Waals surface area contributed by atoms with Crippen molar-refractivity contribution in [3.63, 3.8) is 0 Å².